The van der Waals surface area contributed by atoms with E-state index >= 15 is 0 Å². The second kappa shape index (κ2) is 5.54. The van der Waals surface area contributed by atoms with E-state index in [0.29, 0.717) is 12.1 Å². The molecule has 0 radical (unpaired) electrons. The zero-order valence-corrected chi connectivity index (χ0v) is 12.2. The first kappa shape index (κ1) is 14.4. The van der Waals surface area contributed by atoms with Gasteiger partial charge in [0.2, 0.25) is 0 Å². The molecule has 0 unspecified atom stereocenters. The molecule has 0 saturated heterocycles. The largest absolute Gasteiger partial charge is 0.495 e. The Bertz CT molecular complexity index is 707. The van der Waals surface area contributed by atoms with Gasteiger partial charge in [-0.05, 0) is 24.1 Å². The lowest BCUT2D eigenvalue weighted by Gasteiger charge is -2.09. The topological polar surface area (TPSA) is 87.2 Å². The molecule has 0 amide bonds. The number of nitrogens with two attached hydrogens (primary N) is 1. The molecule has 0 aliphatic heterocycles. The van der Waals surface area contributed by atoms with Crippen molar-refractivity contribution in [1.29, 1.82) is 0 Å². The van der Waals surface area contributed by atoms with Gasteiger partial charge in [0.15, 0.2) is 9.84 Å². The number of sulfone groups is 1. The van der Waals surface area contributed by atoms with E-state index < -0.39 is 9.84 Å². The zero-order chi connectivity index (χ0) is 14.8. The van der Waals surface area contributed by atoms with Gasteiger partial charge in [-0.25, -0.2) is 8.42 Å². The van der Waals surface area contributed by atoms with E-state index in [4.69, 9.17) is 10.5 Å². The highest BCUT2D eigenvalue weighted by molar-refractivity contribution is 7.91. The highest BCUT2D eigenvalue weighted by Gasteiger charge is 2.20. The average Bonchev–Trinajstić information content (AvgIpc) is 2.82. The average molecular weight is 295 g/mol. The second-order valence-electron chi connectivity index (χ2n) is 4.50. The highest BCUT2D eigenvalue weighted by Crippen LogP contribution is 2.27. The summed E-state index contributed by atoms with van der Waals surface area (Å²) in [6.45, 7) is 0. The number of hydrogen-bond donors (Lipinski definition) is 1. The Labute approximate surface area is 118 Å². The quantitative estimate of drug-likeness (QED) is 0.832. The van der Waals surface area contributed by atoms with Gasteiger partial charge in [0.05, 0.1) is 19.1 Å². The van der Waals surface area contributed by atoms with E-state index in [2.05, 4.69) is 5.10 Å². The highest BCUT2D eigenvalue weighted by atomic mass is 32.2. The molecule has 0 aliphatic rings. The lowest BCUT2D eigenvalue weighted by molar-refractivity contribution is 0.403. The molecule has 0 aliphatic carbocycles. The van der Waals surface area contributed by atoms with Crippen molar-refractivity contribution in [2.24, 2.45) is 7.05 Å². The first-order valence-electron chi connectivity index (χ1n) is 6.06. The van der Waals surface area contributed by atoms with Crippen molar-refractivity contribution < 1.29 is 13.2 Å². The smallest absolute Gasteiger partial charge is 0.182 e. The molecular weight excluding hydrogens is 278 g/mol. The molecule has 2 rings (SSSR count). The molecule has 108 valence electrons. The standard InChI is InChI=1S/C13H17N3O3S/c1-16-9-10(8-15-16)5-6-20(17,18)13-4-3-11(14)7-12(13)19-2/h3-4,7-9H,5-6,14H2,1-2H3. The lowest BCUT2D eigenvalue weighted by atomic mass is 10.3. The molecule has 2 aromatic rings. The number of anilines is 1. The van der Waals surface area contributed by atoms with E-state index in [1.54, 1.807) is 30.2 Å². The van der Waals surface area contributed by atoms with Gasteiger partial charge < -0.3 is 10.5 Å². The van der Waals surface area contributed by atoms with E-state index in [1.165, 1.54) is 19.2 Å². The van der Waals surface area contributed by atoms with Crippen molar-refractivity contribution in [3.05, 3.63) is 36.2 Å². The fourth-order valence-corrected chi connectivity index (χ4v) is 3.35. The maximum atomic E-state index is 12.4. The fourth-order valence-electron chi connectivity index (χ4n) is 1.90. The van der Waals surface area contributed by atoms with Crippen molar-refractivity contribution in [2.75, 3.05) is 18.6 Å². The van der Waals surface area contributed by atoms with Crippen molar-refractivity contribution in [1.82, 2.24) is 9.78 Å². The van der Waals surface area contributed by atoms with Crippen LogP contribution in [0.5, 0.6) is 5.75 Å². The van der Waals surface area contributed by atoms with Gasteiger partial charge in [-0.3, -0.25) is 4.68 Å². The van der Waals surface area contributed by atoms with Crippen LogP contribution in [0.4, 0.5) is 5.69 Å². The lowest BCUT2D eigenvalue weighted by Crippen LogP contribution is -2.10. The number of rotatable bonds is 5. The maximum absolute atomic E-state index is 12.4. The molecular formula is C13H17N3O3S. The van der Waals surface area contributed by atoms with Crippen LogP contribution in [0.3, 0.4) is 0 Å². The van der Waals surface area contributed by atoms with Gasteiger partial charge in [-0.2, -0.15) is 5.10 Å². The molecule has 0 bridgehead atoms. The summed E-state index contributed by atoms with van der Waals surface area (Å²) in [6, 6.07) is 4.54. The Balaban J connectivity index is 2.22. The summed E-state index contributed by atoms with van der Waals surface area (Å²) >= 11 is 0. The summed E-state index contributed by atoms with van der Waals surface area (Å²) in [5.41, 5.74) is 6.97. The molecule has 0 atom stereocenters. The predicted molar refractivity (Wildman–Crippen MR) is 76.4 cm³/mol. The maximum Gasteiger partial charge on any atom is 0.182 e. The van der Waals surface area contributed by atoms with Crippen molar-refractivity contribution in [3.63, 3.8) is 0 Å². The van der Waals surface area contributed by atoms with Gasteiger partial charge in [0, 0.05) is 25.0 Å². The van der Waals surface area contributed by atoms with Gasteiger partial charge in [-0.15, -0.1) is 0 Å². The minimum atomic E-state index is -3.43. The first-order chi connectivity index (χ1) is 9.42. The SMILES string of the molecule is COc1cc(N)ccc1S(=O)(=O)CCc1cnn(C)c1. The van der Waals surface area contributed by atoms with Crippen LogP contribution in [0.25, 0.3) is 0 Å². The fraction of sp³-hybridized carbons (Fsp3) is 0.308. The summed E-state index contributed by atoms with van der Waals surface area (Å²) in [5.74, 6) is 0.273. The number of nitrogens with zero attached hydrogens (tertiary/aromatic N) is 2. The third kappa shape index (κ3) is 3.11. The normalized spacial score (nSPS) is 11.5. The van der Waals surface area contributed by atoms with E-state index in [1.807, 2.05) is 0 Å². The second-order valence-corrected chi connectivity index (χ2v) is 6.58. The summed E-state index contributed by atoms with van der Waals surface area (Å²) in [4.78, 5) is 0.165. The number of methoxy groups -OCH3 is 1. The van der Waals surface area contributed by atoms with Gasteiger partial charge in [0.25, 0.3) is 0 Å². The summed E-state index contributed by atoms with van der Waals surface area (Å²) < 4.78 is 31.4. The third-order valence-corrected chi connectivity index (χ3v) is 4.69. The van der Waals surface area contributed by atoms with Crippen LogP contribution in [0.15, 0.2) is 35.5 Å². The molecule has 1 aromatic heterocycles. The molecule has 0 saturated carbocycles. The number of hydrogen-bond acceptors (Lipinski definition) is 5. The number of nitrogen functional groups attached to an aromatic ring is 1. The first-order valence-corrected chi connectivity index (χ1v) is 7.71. The van der Waals surface area contributed by atoms with Gasteiger partial charge >= 0.3 is 0 Å². The minimum Gasteiger partial charge on any atom is -0.495 e. The van der Waals surface area contributed by atoms with Crippen molar-refractivity contribution >= 4 is 15.5 Å². The molecule has 7 heteroatoms. The van der Waals surface area contributed by atoms with Crippen LogP contribution in [0, 0.1) is 0 Å². The Morgan fingerprint density at radius 2 is 2.15 bits per heavy atom. The predicted octanol–water partition coefficient (Wildman–Crippen LogP) is 1.03. The number of ether oxygens (including phenoxy) is 1. The molecule has 20 heavy (non-hydrogen) atoms. The van der Waals surface area contributed by atoms with Crippen molar-refractivity contribution in [2.45, 2.75) is 11.3 Å². The molecule has 1 aromatic carbocycles. The minimum absolute atomic E-state index is 0.00102. The Morgan fingerprint density at radius 3 is 2.75 bits per heavy atom. The molecule has 0 spiro atoms. The van der Waals surface area contributed by atoms with Gasteiger partial charge in [-0.1, -0.05) is 0 Å². The molecule has 1 heterocycles. The number of aryl methyl sites for hydroxylation is 2. The van der Waals surface area contributed by atoms with Crippen LogP contribution < -0.4 is 10.5 Å². The Hall–Kier alpha value is -2.02. The van der Waals surface area contributed by atoms with Crippen LogP contribution in [-0.4, -0.2) is 31.1 Å². The van der Waals surface area contributed by atoms with Crippen LogP contribution in [0.1, 0.15) is 5.56 Å². The monoisotopic (exact) mass is 295 g/mol. The Kier molecular flexibility index (Phi) is 3.99. The summed E-state index contributed by atoms with van der Waals surface area (Å²) in [6.07, 6.45) is 3.87. The molecule has 6 nitrogen and oxygen atoms in total. The van der Waals surface area contributed by atoms with E-state index in [0.717, 1.165) is 5.56 Å². The Morgan fingerprint density at radius 1 is 1.40 bits per heavy atom. The number of benzene rings is 1. The summed E-state index contributed by atoms with van der Waals surface area (Å²) in [7, 11) is -0.208. The van der Waals surface area contributed by atoms with Crippen molar-refractivity contribution in [3.8, 4) is 5.75 Å². The third-order valence-electron chi connectivity index (χ3n) is 2.94. The molecule has 0 fully saturated rings. The number of aromatic nitrogens is 2. The van der Waals surface area contributed by atoms with E-state index in [9.17, 15) is 8.42 Å². The van der Waals surface area contributed by atoms with Gasteiger partial charge in [0.1, 0.15) is 10.6 Å². The van der Waals surface area contributed by atoms with Crippen LogP contribution in [-0.2, 0) is 23.3 Å². The molecule has 2 N–H and O–H groups in total. The summed E-state index contributed by atoms with van der Waals surface area (Å²) in [5, 5.41) is 4.02. The zero-order valence-electron chi connectivity index (χ0n) is 11.4. The van der Waals surface area contributed by atoms with E-state index in [-0.39, 0.29) is 16.4 Å². The van der Waals surface area contributed by atoms with Crippen LogP contribution >= 0.6 is 0 Å². The van der Waals surface area contributed by atoms with Crippen LogP contribution in [0.2, 0.25) is 0 Å².